The van der Waals surface area contributed by atoms with Crippen LogP contribution in [-0.4, -0.2) is 20.4 Å². The lowest BCUT2D eigenvalue weighted by molar-refractivity contribution is 0.394. The second kappa shape index (κ2) is 6.39. The van der Waals surface area contributed by atoms with E-state index < -0.39 is 0 Å². The van der Waals surface area contributed by atoms with Crippen molar-refractivity contribution in [2.75, 3.05) is 14.2 Å². The lowest BCUT2D eigenvalue weighted by atomic mass is 10.2. The Bertz CT molecular complexity index is 633. The molecular weight excluding hydrogens is 252 g/mol. The van der Waals surface area contributed by atoms with Crippen molar-refractivity contribution in [3.05, 3.63) is 53.6 Å². The number of benzene rings is 2. The van der Waals surface area contributed by atoms with Gasteiger partial charge in [-0.05, 0) is 17.7 Å². The van der Waals surface area contributed by atoms with E-state index in [1.165, 1.54) is 0 Å². The smallest absolute Gasteiger partial charge is 0.124 e. The standard InChI is InChI=1S/C16H14N2O2/c1-19-15-7-14(8-16(9-15)20-2)18-11-13-5-3-12(10-17)4-6-13/h3-9,11H,1-2H3/b18-11+. The normalized spacial score (nSPS) is 10.2. The van der Waals surface area contributed by atoms with Gasteiger partial charge in [-0.2, -0.15) is 5.26 Å². The topological polar surface area (TPSA) is 54.6 Å². The van der Waals surface area contributed by atoms with Gasteiger partial charge in [0, 0.05) is 24.4 Å². The Hall–Kier alpha value is -2.80. The van der Waals surface area contributed by atoms with Gasteiger partial charge in [0.15, 0.2) is 0 Å². The molecule has 4 nitrogen and oxygen atoms in total. The number of nitriles is 1. The van der Waals surface area contributed by atoms with Gasteiger partial charge >= 0.3 is 0 Å². The van der Waals surface area contributed by atoms with Gasteiger partial charge in [0.05, 0.1) is 31.5 Å². The summed E-state index contributed by atoms with van der Waals surface area (Å²) in [4.78, 5) is 4.38. The molecule has 100 valence electrons. The second-order valence-corrected chi connectivity index (χ2v) is 4.06. The largest absolute Gasteiger partial charge is 0.497 e. The molecule has 0 bridgehead atoms. The molecule has 0 amide bonds. The van der Waals surface area contributed by atoms with E-state index in [1.807, 2.05) is 24.3 Å². The van der Waals surface area contributed by atoms with E-state index in [9.17, 15) is 0 Å². The number of rotatable bonds is 4. The van der Waals surface area contributed by atoms with Crippen molar-refractivity contribution in [1.29, 1.82) is 5.26 Å². The Labute approximate surface area is 117 Å². The molecule has 20 heavy (non-hydrogen) atoms. The molecule has 0 aliphatic rings. The molecule has 2 aromatic carbocycles. The van der Waals surface area contributed by atoms with Crippen LogP contribution in [0.5, 0.6) is 11.5 Å². The maximum atomic E-state index is 8.74. The minimum Gasteiger partial charge on any atom is -0.497 e. The first kappa shape index (κ1) is 13.6. The maximum absolute atomic E-state index is 8.74. The molecule has 2 rings (SSSR count). The highest BCUT2D eigenvalue weighted by Gasteiger charge is 2.00. The van der Waals surface area contributed by atoms with Crippen LogP contribution < -0.4 is 9.47 Å². The summed E-state index contributed by atoms with van der Waals surface area (Å²) in [6.45, 7) is 0. The van der Waals surface area contributed by atoms with Gasteiger partial charge in [0.25, 0.3) is 0 Å². The molecular formula is C16H14N2O2. The Morgan fingerprint density at radius 2 is 1.60 bits per heavy atom. The molecule has 4 heteroatoms. The minimum atomic E-state index is 0.630. The van der Waals surface area contributed by atoms with Crippen LogP contribution in [0.1, 0.15) is 11.1 Å². The molecule has 0 N–H and O–H groups in total. The number of methoxy groups -OCH3 is 2. The van der Waals surface area contributed by atoms with E-state index in [0.29, 0.717) is 17.1 Å². The Kier molecular flexibility index (Phi) is 4.35. The van der Waals surface area contributed by atoms with Gasteiger partial charge in [0.1, 0.15) is 11.5 Å². The molecule has 2 aromatic rings. The Balaban J connectivity index is 2.23. The van der Waals surface area contributed by atoms with Crippen molar-refractivity contribution in [2.24, 2.45) is 4.99 Å². The van der Waals surface area contributed by atoms with Crippen LogP contribution in [0.2, 0.25) is 0 Å². The fourth-order valence-electron chi connectivity index (χ4n) is 1.66. The average molecular weight is 266 g/mol. The zero-order valence-corrected chi connectivity index (χ0v) is 11.3. The molecule has 0 saturated heterocycles. The fraction of sp³-hybridized carbons (Fsp3) is 0.125. The molecule has 0 aromatic heterocycles. The van der Waals surface area contributed by atoms with Crippen LogP contribution in [0.3, 0.4) is 0 Å². The highest BCUT2D eigenvalue weighted by Crippen LogP contribution is 2.27. The van der Waals surface area contributed by atoms with E-state index in [1.54, 1.807) is 38.6 Å². The molecule has 0 atom stereocenters. The molecule has 0 aliphatic heterocycles. The van der Waals surface area contributed by atoms with Gasteiger partial charge in [-0.3, -0.25) is 4.99 Å². The number of nitrogens with zero attached hydrogens (tertiary/aromatic N) is 2. The monoisotopic (exact) mass is 266 g/mol. The van der Waals surface area contributed by atoms with Crippen molar-refractivity contribution < 1.29 is 9.47 Å². The zero-order chi connectivity index (χ0) is 14.4. The Morgan fingerprint density at radius 3 is 2.10 bits per heavy atom. The first-order chi connectivity index (χ1) is 9.75. The molecule has 0 radical (unpaired) electrons. The molecule has 0 saturated carbocycles. The van der Waals surface area contributed by atoms with Crippen LogP contribution in [0.4, 0.5) is 5.69 Å². The summed E-state index contributed by atoms with van der Waals surface area (Å²) >= 11 is 0. The van der Waals surface area contributed by atoms with E-state index in [0.717, 1.165) is 11.3 Å². The van der Waals surface area contributed by atoms with Gasteiger partial charge in [-0.15, -0.1) is 0 Å². The Morgan fingerprint density at radius 1 is 1.00 bits per heavy atom. The summed E-state index contributed by atoms with van der Waals surface area (Å²) < 4.78 is 10.4. The van der Waals surface area contributed by atoms with Gasteiger partial charge < -0.3 is 9.47 Å². The first-order valence-corrected chi connectivity index (χ1v) is 6.02. The highest BCUT2D eigenvalue weighted by atomic mass is 16.5. The van der Waals surface area contributed by atoms with Crippen LogP contribution in [-0.2, 0) is 0 Å². The highest BCUT2D eigenvalue weighted by molar-refractivity contribution is 5.82. The van der Waals surface area contributed by atoms with Crippen LogP contribution >= 0.6 is 0 Å². The van der Waals surface area contributed by atoms with E-state index in [-0.39, 0.29) is 0 Å². The lowest BCUT2D eigenvalue weighted by Gasteiger charge is -2.05. The van der Waals surface area contributed by atoms with E-state index in [4.69, 9.17) is 14.7 Å². The summed E-state index contributed by atoms with van der Waals surface area (Å²) in [6, 6.07) is 14.7. The van der Waals surface area contributed by atoms with E-state index in [2.05, 4.69) is 11.1 Å². The second-order valence-electron chi connectivity index (χ2n) is 4.06. The molecule has 0 aliphatic carbocycles. The predicted molar refractivity (Wildman–Crippen MR) is 78.0 cm³/mol. The van der Waals surface area contributed by atoms with Crippen molar-refractivity contribution in [1.82, 2.24) is 0 Å². The SMILES string of the molecule is COc1cc(/N=C/c2ccc(C#N)cc2)cc(OC)c1. The molecule has 0 fully saturated rings. The first-order valence-electron chi connectivity index (χ1n) is 6.02. The van der Waals surface area contributed by atoms with Gasteiger partial charge in [-0.25, -0.2) is 0 Å². The third-order valence-corrected chi connectivity index (χ3v) is 2.74. The summed E-state index contributed by atoms with van der Waals surface area (Å²) in [5, 5.41) is 8.74. The zero-order valence-electron chi connectivity index (χ0n) is 11.3. The van der Waals surface area contributed by atoms with Crippen LogP contribution in [0, 0.1) is 11.3 Å². The van der Waals surface area contributed by atoms with Crippen molar-refractivity contribution in [3.63, 3.8) is 0 Å². The van der Waals surface area contributed by atoms with Crippen LogP contribution in [0.25, 0.3) is 0 Å². The quantitative estimate of drug-likeness (QED) is 0.797. The number of ether oxygens (including phenoxy) is 2. The summed E-state index contributed by atoms with van der Waals surface area (Å²) in [6.07, 6.45) is 1.73. The van der Waals surface area contributed by atoms with E-state index >= 15 is 0 Å². The third-order valence-electron chi connectivity index (χ3n) is 2.74. The van der Waals surface area contributed by atoms with Crippen molar-refractivity contribution in [2.45, 2.75) is 0 Å². The van der Waals surface area contributed by atoms with Crippen LogP contribution in [0.15, 0.2) is 47.5 Å². The lowest BCUT2D eigenvalue weighted by Crippen LogP contribution is -1.87. The summed E-state index contributed by atoms with van der Waals surface area (Å²) in [5.74, 6) is 1.38. The fourth-order valence-corrected chi connectivity index (χ4v) is 1.66. The van der Waals surface area contributed by atoms with Gasteiger partial charge in [0.2, 0.25) is 0 Å². The number of hydrogen-bond donors (Lipinski definition) is 0. The molecule has 0 spiro atoms. The van der Waals surface area contributed by atoms with Crippen molar-refractivity contribution in [3.8, 4) is 17.6 Å². The third kappa shape index (κ3) is 3.36. The summed E-state index contributed by atoms with van der Waals surface area (Å²) in [5.41, 5.74) is 2.29. The maximum Gasteiger partial charge on any atom is 0.124 e. The van der Waals surface area contributed by atoms with Crippen molar-refractivity contribution >= 4 is 11.9 Å². The molecule has 0 unspecified atom stereocenters. The molecule has 0 heterocycles. The number of hydrogen-bond acceptors (Lipinski definition) is 4. The minimum absolute atomic E-state index is 0.630. The predicted octanol–water partition coefficient (Wildman–Crippen LogP) is 3.33. The average Bonchev–Trinajstić information content (AvgIpc) is 2.53. The van der Waals surface area contributed by atoms with Gasteiger partial charge in [-0.1, -0.05) is 12.1 Å². The summed E-state index contributed by atoms with van der Waals surface area (Å²) in [7, 11) is 3.20. The number of aliphatic imine (C=N–C) groups is 1.